The van der Waals surface area contributed by atoms with Crippen molar-refractivity contribution in [1.29, 1.82) is 0 Å². The minimum absolute atomic E-state index is 0.104. The Bertz CT molecular complexity index is 1910. The molecule has 2 heterocycles. The molecule has 0 saturated heterocycles. The Morgan fingerprint density at radius 2 is 0.779 bits per heavy atom. The Hall–Kier alpha value is -3.09. The van der Waals surface area contributed by atoms with E-state index in [1.54, 1.807) is 26.0 Å². The smallest absolute Gasteiger partial charge is 0.388 e. The maximum Gasteiger partial charge on any atom is 0.402 e. The summed E-state index contributed by atoms with van der Waals surface area (Å²) in [5.41, 5.74) is 4.06. The molecule has 1 saturated carbocycles. The van der Waals surface area contributed by atoms with Crippen LogP contribution < -0.4 is 0 Å². The molecule has 6 rings (SSSR count). The van der Waals surface area contributed by atoms with E-state index >= 15 is 0 Å². The van der Waals surface area contributed by atoms with Crippen LogP contribution in [0.3, 0.4) is 0 Å². The molecule has 0 bridgehead atoms. The number of aryl methyl sites for hydroxylation is 5. The lowest BCUT2D eigenvalue weighted by Crippen LogP contribution is -2.44. The molecule has 0 radical (unpaired) electrons. The molecule has 77 heavy (non-hydrogen) atoms. The summed E-state index contributed by atoms with van der Waals surface area (Å²) in [5, 5.41) is 0. The van der Waals surface area contributed by atoms with Crippen molar-refractivity contribution in [3.05, 3.63) is 142 Å². The number of benzene rings is 3. The van der Waals surface area contributed by atoms with Crippen LogP contribution in [0.5, 0.6) is 0 Å². The number of hydrogen-bond donors (Lipinski definition) is 0. The van der Waals surface area contributed by atoms with Crippen molar-refractivity contribution in [2.24, 2.45) is 16.2 Å². The van der Waals surface area contributed by atoms with Crippen molar-refractivity contribution in [3.8, 4) is 20.9 Å². The fourth-order valence-electron chi connectivity index (χ4n) is 4.83. The van der Waals surface area contributed by atoms with Crippen molar-refractivity contribution in [2.75, 3.05) is 26.7 Å². The van der Waals surface area contributed by atoms with Gasteiger partial charge in [0.25, 0.3) is 0 Å². The number of allylic oxidation sites excluding steroid dienone is 2. The summed E-state index contributed by atoms with van der Waals surface area (Å²) >= 11 is 5.48. The highest BCUT2D eigenvalue weighted by Gasteiger charge is 2.64. The summed E-state index contributed by atoms with van der Waals surface area (Å²) in [6.45, 7) is 45.9. The first-order valence-electron chi connectivity index (χ1n) is 27.1. The number of methoxy groups -OCH3 is 1. The Morgan fingerprint density at radius 1 is 0.532 bits per heavy atom. The number of ether oxygens (including phenoxy) is 1. The molecule has 2 aromatic heterocycles. The van der Waals surface area contributed by atoms with E-state index in [-0.39, 0.29) is 13.8 Å². The zero-order valence-corrected chi connectivity index (χ0v) is 57.1. The molecule has 0 aliphatic heterocycles. The zero-order valence-electron chi connectivity index (χ0n) is 53.6. The summed E-state index contributed by atoms with van der Waals surface area (Å²) < 4.78 is 73.9. The van der Waals surface area contributed by atoms with Crippen LogP contribution in [-0.2, 0) is 4.74 Å². The maximum absolute atomic E-state index is 11.6. The molecular formula is C66H112F6OS3Si. The molecule has 1 aliphatic rings. The Balaban J connectivity index is -0.000000187. The predicted octanol–water partition coefficient (Wildman–Crippen LogP) is 25.4. The molecule has 0 atom stereocenters. The normalized spacial score (nSPS) is 12.2. The van der Waals surface area contributed by atoms with Crippen molar-refractivity contribution in [2.45, 2.75) is 209 Å². The fraction of sp³-hybridized carbons (Fsp3) is 0.576. The molecular weight excluding hydrogens is 1050 g/mol. The lowest BCUT2D eigenvalue weighted by Gasteiger charge is -2.29. The minimum atomic E-state index is -5.24. The van der Waals surface area contributed by atoms with Gasteiger partial charge in [-0.2, -0.15) is 38.1 Å². The summed E-state index contributed by atoms with van der Waals surface area (Å²) in [6, 6.07) is 36.3. The average molecular weight is 1160 g/mol. The van der Waals surface area contributed by atoms with E-state index in [1.807, 2.05) is 93.2 Å². The second kappa shape index (κ2) is 47.7. The molecule has 0 unspecified atom stereocenters. The van der Waals surface area contributed by atoms with E-state index in [2.05, 4.69) is 206 Å². The van der Waals surface area contributed by atoms with E-state index in [4.69, 9.17) is 0 Å². The lowest BCUT2D eigenvalue weighted by atomic mass is 9.78. The number of hydrogen-bond acceptors (Lipinski definition) is 4. The lowest BCUT2D eigenvalue weighted by molar-refractivity contribution is -0.327. The summed E-state index contributed by atoms with van der Waals surface area (Å²) in [6.07, 6.45) is 6.15. The molecule has 0 spiro atoms. The summed E-state index contributed by atoms with van der Waals surface area (Å²) in [4.78, 5) is 5.56. The highest BCUT2D eigenvalue weighted by molar-refractivity contribution is 7.97. The number of thioether (sulfide) groups is 1. The standard InChI is InChI=1S/C14H14.C10H10S2.C8H16.C7H8.C5H6F6.C5H12.C4H12Si.C4H8.C3H8.C2H6O.C2H6S.C2H6/c1-11-3-7-13(8-4-11)14-9-5-12(2)6-10-14;1-7-3-5-9(11-7)10-6-4-8(2)12-10;1-8(2)6-4-3-5-7-8;1-7-5-3-2-4-6-7;1-3(2,4(6,7)8)5(9,10)11;2*1-5(2,3)4;1-3-4-2;3*1-3-2;1-2/h3-10H,1-2H3;3-6H,1-2H3;3-7H2,1-2H3;2-6H,1H3;1-2H3;2*1-4H3;3-4H,1-2H3;3H2,1-2H3;2*1-2H3;1-2H3. The van der Waals surface area contributed by atoms with Crippen molar-refractivity contribution < 1.29 is 31.1 Å². The van der Waals surface area contributed by atoms with Crippen LogP contribution in [0.25, 0.3) is 20.9 Å². The van der Waals surface area contributed by atoms with E-state index in [0.29, 0.717) is 10.8 Å². The van der Waals surface area contributed by atoms with Crippen LogP contribution in [0.15, 0.2) is 115 Å². The van der Waals surface area contributed by atoms with Crippen LogP contribution in [-0.4, -0.2) is 47.2 Å². The van der Waals surface area contributed by atoms with Gasteiger partial charge in [-0.15, -0.1) is 22.7 Å². The van der Waals surface area contributed by atoms with Gasteiger partial charge in [0.05, 0.1) is 0 Å². The zero-order chi connectivity index (χ0) is 61.7. The quantitative estimate of drug-likeness (QED) is 0.0990. The van der Waals surface area contributed by atoms with Gasteiger partial charge in [-0.1, -0.05) is 229 Å². The molecule has 1 fully saturated rings. The van der Waals surface area contributed by atoms with Crippen molar-refractivity contribution >= 4 is 42.5 Å². The van der Waals surface area contributed by atoms with Crippen LogP contribution in [0.4, 0.5) is 26.3 Å². The van der Waals surface area contributed by atoms with Gasteiger partial charge in [-0.3, -0.25) is 0 Å². The third-order valence-corrected chi connectivity index (χ3v) is 11.3. The topological polar surface area (TPSA) is 9.23 Å². The summed E-state index contributed by atoms with van der Waals surface area (Å²) in [5.74, 6) is 0. The molecule has 446 valence electrons. The van der Waals surface area contributed by atoms with Gasteiger partial charge in [0.1, 0.15) is 0 Å². The number of rotatable bonds is 2. The van der Waals surface area contributed by atoms with E-state index in [0.717, 1.165) is 0 Å². The van der Waals surface area contributed by atoms with Gasteiger partial charge >= 0.3 is 12.4 Å². The molecule has 1 nitrogen and oxygen atoms in total. The van der Waals surface area contributed by atoms with Gasteiger partial charge in [0, 0.05) is 41.8 Å². The fourth-order valence-corrected chi connectivity index (χ4v) is 6.66. The minimum Gasteiger partial charge on any atom is -0.388 e. The maximum atomic E-state index is 11.6. The first-order chi connectivity index (χ1) is 35.3. The van der Waals surface area contributed by atoms with Gasteiger partial charge in [0.15, 0.2) is 5.41 Å². The molecule has 0 amide bonds. The Labute approximate surface area is 485 Å². The van der Waals surface area contributed by atoms with Crippen LogP contribution >= 0.6 is 34.4 Å². The summed E-state index contributed by atoms with van der Waals surface area (Å²) in [7, 11) is 2.64. The Morgan fingerprint density at radius 3 is 0.922 bits per heavy atom. The van der Waals surface area contributed by atoms with Crippen molar-refractivity contribution in [1.82, 2.24) is 0 Å². The average Bonchev–Trinajstić information content (AvgIpc) is 3.95. The van der Waals surface area contributed by atoms with Crippen molar-refractivity contribution in [3.63, 3.8) is 0 Å². The Kier molecular flexibility index (Phi) is 52.8. The van der Waals surface area contributed by atoms with Crippen LogP contribution in [0.2, 0.25) is 26.2 Å². The van der Waals surface area contributed by atoms with Gasteiger partial charge < -0.3 is 4.74 Å². The first kappa shape index (κ1) is 85.2. The molecule has 3 aromatic carbocycles. The van der Waals surface area contributed by atoms with Crippen LogP contribution in [0.1, 0.15) is 162 Å². The van der Waals surface area contributed by atoms with Gasteiger partial charge in [-0.05, 0) is 134 Å². The predicted molar refractivity (Wildman–Crippen MR) is 347 cm³/mol. The highest BCUT2D eigenvalue weighted by atomic mass is 32.2. The number of halogens is 6. The monoisotopic (exact) mass is 1160 g/mol. The van der Waals surface area contributed by atoms with Crippen LogP contribution in [0, 0.1) is 50.9 Å². The molecule has 11 heteroatoms. The largest absolute Gasteiger partial charge is 0.402 e. The molecule has 5 aromatic rings. The molecule has 0 N–H and O–H groups in total. The van der Waals surface area contributed by atoms with Gasteiger partial charge in [0.2, 0.25) is 0 Å². The second-order valence-corrected chi connectivity index (χ2v) is 32.1. The third-order valence-electron chi connectivity index (χ3n) is 9.06. The second-order valence-electron chi connectivity index (χ2n) is 22.7. The highest BCUT2D eigenvalue weighted by Crippen LogP contribution is 2.49. The molecule has 1 aliphatic carbocycles. The number of thiophene rings is 2. The third kappa shape index (κ3) is 57.4. The first-order valence-corrected chi connectivity index (χ1v) is 34.3. The van der Waals surface area contributed by atoms with Gasteiger partial charge in [-0.25, -0.2) is 0 Å². The van der Waals surface area contributed by atoms with E-state index < -0.39 is 25.8 Å². The number of alkyl halides is 6. The SMILES string of the molecule is CC.CC(C)(C(F)(F)F)C(F)(F)F.CC(C)(C)C.CC1(C)CCCCC1.CC=CC.CCC.COC.CSC.C[Si](C)(C)C.Cc1ccc(-c2ccc(C)cc2)cc1.Cc1ccc(-c2ccc(C)s2)s1.Cc1ccccc1. The van der Waals surface area contributed by atoms with E-state index in [9.17, 15) is 26.3 Å². The van der Waals surface area contributed by atoms with E-state index in [1.165, 1.54) is 85.9 Å².